The molecule has 0 unspecified atom stereocenters. The number of nitrogens with two attached hydrogens (primary N) is 1. The Labute approximate surface area is 166 Å². The molecule has 158 valence electrons. The van der Waals surface area contributed by atoms with Crippen LogP contribution in [0.2, 0.25) is 0 Å². The van der Waals surface area contributed by atoms with Gasteiger partial charge < -0.3 is 21.3 Å². The lowest BCUT2D eigenvalue weighted by Crippen LogP contribution is -2.45. The van der Waals surface area contributed by atoms with Crippen molar-refractivity contribution in [3.05, 3.63) is 0 Å². The van der Waals surface area contributed by atoms with E-state index in [1.807, 2.05) is 7.05 Å². The van der Waals surface area contributed by atoms with Gasteiger partial charge in [-0.25, -0.2) is 0 Å². The van der Waals surface area contributed by atoms with Crippen LogP contribution in [-0.2, 0) is 4.79 Å². The predicted molar refractivity (Wildman–Crippen MR) is 114 cm³/mol. The fraction of sp³-hybridized carbons (Fsp3) is 0.900. The number of unbranched alkanes of at least 4 members (excludes halogenated alkanes) is 1. The summed E-state index contributed by atoms with van der Waals surface area (Å²) in [6.07, 6.45) is 4.09. The highest BCUT2D eigenvalue weighted by Gasteiger charge is 2.22. The van der Waals surface area contributed by atoms with Gasteiger partial charge in [0.2, 0.25) is 5.91 Å². The standard InChI is InChI=1S/C20H42N6O/c1-16(2)26(17(3)4)15-11-24-20(22-5)23-10-6-7-12-25-13-8-18(9-14-25)19(21)27/h16-18H,6-15H2,1-5H3,(H2,21,27)(H2,22,23,24). The number of aliphatic imine (C=N–C) groups is 1. The third kappa shape index (κ3) is 9.42. The lowest BCUT2D eigenvalue weighted by molar-refractivity contribution is -0.123. The number of rotatable bonds is 11. The Balaban J connectivity index is 2.11. The Morgan fingerprint density at radius 2 is 1.70 bits per heavy atom. The van der Waals surface area contributed by atoms with Crippen molar-refractivity contribution in [2.24, 2.45) is 16.6 Å². The van der Waals surface area contributed by atoms with E-state index in [9.17, 15) is 4.79 Å². The molecular weight excluding hydrogens is 340 g/mol. The molecule has 7 nitrogen and oxygen atoms in total. The Morgan fingerprint density at radius 3 is 2.22 bits per heavy atom. The first-order valence-corrected chi connectivity index (χ1v) is 10.6. The van der Waals surface area contributed by atoms with Crippen molar-refractivity contribution < 1.29 is 4.79 Å². The quantitative estimate of drug-likeness (QED) is 0.284. The van der Waals surface area contributed by atoms with Gasteiger partial charge >= 0.3 is 0 Å². The fourth-order valence-corrected chi connectivity index (χ4v) is 3.74. The lowest BCUT2D eigenvalue weighted by Gasteiger charge is -2.30. The number of carbonyl (C=O) groups excluding carboxylic acids is 1. The molecule has 0 radical (unpaired) electrons. The molecule has 1 fully saturated rings. The molecule has 0 saturated carbocycles. The Morgan fingerprint density at radius 1 is 1.11 bits per heavy atom. The minimum Gasteiger partial charge on any atom is -0.369 e. The van der Waals surface area contributed by atoms with Crippen molar-refractivity contribution in [2.75, 3.05) is 46.3 Å². The molecule has 0 spiro atoms. The smallest absolute Gasteiger partial charge is 0.220 e. The Bertz CT molecular complexity index is 436. The molecular formula is C20H42N6O. The van der Waals surface area contributed by atoms with Gasteiger partial charge in [-0.05, 0) is 73.0 Å². The zero-order valence-corrected chi connectivity index (χ0v) is 18.1. The summed E-state index contributed by atoms with van der Waals surface area (Å²) in [5.74, 6) is 0.826. The second-order valence-electron chi connectivity index (χ2n) is 8.08. The normalized spacial score (nSPS) is 17.1. The van der Waals surface area contributed by atoms with Crippen LogP contribution < -0.4 is 16.4 Å². The van der Waals surface area contributed by atoms with E-state index in [0.29, 0.717) is 12.1 Å². The van der Waals surface area contributed by atoms with Crippen molar-refractivity contribution in [1.82, 2.24) is 20.4 Å². The first kappa shape index (κ1) is 23.7. The van der Waals surface area contributed by atoms with Crippen LogP contribution in [0.1, 0.15) is 53.4 Å². The Kier molecular flexibility index (Phi) is 11.4. The van der Waals surface area contributed by atoms with Gasteiger partial charge in [-0.2, -0.15) is 0 Å². The van der Waals surface area contributed by atoms with Crippen molar-refractivity contribution in [2.45, 2.75) is 65.5 Å². The first-order valence-electron chi connectivity index (χ1n) is 10.6. The molecule has 1 saturated heterocycles. The van der Waals surface area contributed by atoms with Crippen LogP contribution in [0.3, 0.4) is 0 Å². The second kappa shape index (κ2) is 12.9. The number of likely N-dealkylation sites (tertiary alicyclic amines) is 1. The molecule has 1 aliphatic rings. The number of nitrogens with one attached hydrogen (secondary N) is 2. The maximum absolute atomic E-state index is 11.2. The van der Waals surface area contributed by atoms with Crippen LogP contribution in [0.5, 0.6) is 0 Å². The average Bonchev–Trinajstić information content (AvgIpc) is 2.62. The lowest BCUT2D eigenvalue weighted by atomic mass is 9.96. The molecule has 1 amide bonds. The number of nitrogens with zero attached hydrogens (tertiary/aromatic N) is 3. The predicted octanol–water partition coefficient (Wildman–Crippen LogP) is 1.25. The summed E-state index contributed by atoms with van der Waals surface area (Å²) in [5, 5.41) is 6.81. The minimum atomic E-state index is -0.136. The first-order chi connectivity index (χ1) is 12.8. The summed E-state index contributed by atoms with van der Waals surface area (Å²) in [6.45, 7) is 14.9. The molecule has 4 N–H and O–H groups in total. The molecule has 1 heterocycles. The van der Waals surface area contributed by atoms with E-state index >= 15 is 0 Å². The number of hydrogen-bond acceptors (Lipinski definition) is 4. The van der Waals surface area contributed by atoms with Gasteiger partial charge in [-0.15, -0.1) is 0 Å². The number of amides is 1. The van der Waals surface area contributed by atoms with Crippen molar-refractivity contribution >= 4 is 11.9 Å². The monoisotopic (exact) mass is 382 g/mol. The van der Waals surface area contributed by atoms with Crippen LogP contribution in [0.25, 0.3) is 0 Å². The number of piperidine rings is 1. The number of carbonyl (C=O) groups is 1. The van der Waals surface area contributed by atoms with Crippen LogP contribution in [-0.4, -0.2) is 80.1 Å². The average molecular weight is 383 g/mol. The van der Waals surface area contributed by atoms with Gasteiger partial charge in [0.15, 0.2) is 5.96 Å². The maximum Gasteiger partial charge on any atom is 0.220 e. The summed E-state index contributed by atoms with van der Waals surface area (Å²) in [6, 6.07) is 1.10. The van der Waals surface area contributed by atoms with Gasteiger partial charge in [-0.1, -0.05) is 0 Å². The van der Waals surface area contributed by atoms with Gasteiger partial charge in [0.25, 0.3) is 0 Å². The summed E-state index contributed by atoms with van der Waals surface area (Å²) >= 11 is 0. The minimum absolute atomic E-state index is 0.0830. The zero-order chi connectivity index (χ0) is 20.2. The van der Waals surface area contributed by atoms with Crippen molar-refractivity contribution in [1.29, 1.82) is 0 Å². The molecule has 0 aromatic heterocycles. The van der Waals surface area contributed by atoms with Crippen LogP contribution >= 0.6 is 0 Å². The highest BCUT2D eigenvalue weighted by atomic mass is 16.1. The number of primary amides is 1. The number of guanidine groups is 1. The van der Waals surface area contributed by atoms with Crippen LogP contribution in [0, 0.1) is 5.92 Å². The van der Waals surface area contributed by atoms with Crippen molar-refractivity contribution in [3.8, 4) is 0 Å². The highest BCUT2D eigenvalue weighted by molar-refractivity contribution is 5.79. The summed E-state index contributed by atoms with van der Waals surface area (Å²) < 4.78 is 0. The van der Waals surface area contributed by atoms with Crippen molar-refractivity contribution in [3.63, 3.8) is 0 Å². The molecule has 1 rings (SSSR count). The van der Waals surface area contributed by atoms with E-state index < -0.39 is 0 Å². The topological polar surface area (TPSA) is 86.0 Å². The molecule has 7 heteroatoms. The SMILES string of the molecule is CN=C(NCCCCN1CCC(C(N)=O)CC1)NCCN(C(C)C)C(C)C. The van der Waals surface area contributed by atoms with Gasteiger partial charge in [0.05, 0.1) is 0 Å². The molecule has 1 aliphatic heterocycles. The largest absolute Gasteiger partial charge is 0.369 e. The molecule has 0 aliphatic carbocycles. The summed E-state index contributed by atoms with van der Waals surface area (Å²) in [5.41, 5.74) is 5.39. The Hall–Kier alpha value is -1.34. The molecule has 0 atom stereocenters. The van der Waals surface area contributed by atoms with E-state index in [1.165, 1.54) is 0 Å². The second-order valence-corrected chi connectivity index (χ2v) is 8.08. The summed E-state index contributed by atoms with van der Waals surface area (Å²) in [7, 11) is 1.82. The van der Waals surface area contributed by atoms with Crippen LogP contribution in [0.4, 0.5) is 0 Å². The summed E-state index contributed by atoms with van der Waals surface area (Å²) in [4.78, 5) is 20.4. The van der Waals surface area contributed by atoms with E-state index in [4.69, 9.17) is 5.73 Å². The number of hydrogen-bond donors (Lipinski definition) is 3. The maximum atomic E-state index is 11.2. The van der Waals surface area contributed by atoms with E-state index in [0.717, 1.165) is 70.9 Å². The van der Waals surface area contributed by atoms with Gasteiger partial charge in [0, 0.05) is 44.7 Å². The molecule has 0 aromatic carbocycles. The molecule has 0 aromatic rings. The van der Waals surface area contributed by atoms with Gasteiger partial charge in [0.1, 0.15) is 0 Å². The fourth-order valence-electron chi connectivity index (χ4n) is 3.74. The van der Waals surface area contributed by atoms with Crippen LogP contribution in [0.15, 0.2) is 4.99 Å². The van der Waals surface area contributed by atoms with E-state index in [1.54, 1.807) is 0 Å². The van der Waals surface area contributed by atoms with E-state index in [-0.39, 0.29) is 11.8 Å². The molecule has 0 bridgehead atoms. The third-order valence-corrected chi connectivity index (χ3v) is 5.40. The highest BCUT2D eigenvalue weighted by Crippen LogP contribution is 2.16. The molecule has 27 heavy (non-hydrogen) atoms. The van der Waals surface area contributed by atoms with Gasteiger partial charge in [-0.3, -0.25) is 14.7 Å². The van der Waals surface area contributed by atoms with E-state index in [2.05, 4.69) is 53.1 Å². The zero-order valence-electron chi connectivity index (χ0n) is 18.1. The third-order valence-electron chi connectivity index (χ3n) is 5.40.